The van der Waals surface area contributed by atoms with Crippen LogP contribution >= 0.6 is 0 Å². The number of hydrogen-bond donors (Lipinski definition) is 1. The van der Waals surface area contributed by atoms with Gasteiger partial charge in [-0.2, -0.15) is 0 Å². The molecule has 2 unspecified atom stereocenters. The van der Waals surface area contributed by atoms with E-state index in [1.807, 2.05) is 4.90 Å². The first-order valence-corrected chi connectivity index (χ1v) is 9.35. The van der Waals surface area contributed by atoms with Gasteiger partial charge < -0.3 is 15.0 Å². The highest BCUT2D eigenvalue weighted by Crippen LogP contribution is 2.22. The van der Waals surface area contributed by atoms with Crippen LogP contribution in [0.1, 0.15) is 66.2 Å². The Bertz CT molecular complexity index is 614. The first-order valence-electron chi connectivity index (χ1n) is 9.35. The average molecular weight is 345 g/mol. The van der Waals surface area contributed by atoms with Gasteiger partial charge in [0.2, 0.25) is 0 Å². The molecule has 3 heterocycles. The summed E-state index contributed by atoms with van der Waals surface area (Å²) in [6, 6.07) is 1.94. The predicted octanol–water partition coefficient (Wildman–Crippen LogP) is 2.40. The van der Waals surface area contributed by atoms with Crippen LogP contribution in [0.4, 0.5) is 0 Å². The Hall–Kier alpha value is -1.95. The van der Waals surface area contributed by atoms with E-state index in [0.29, 0.717) is 23.7 Å². The number of nitrogens with zero attached hydrogens (tertiary/aromatic N) is 2. The van der Waals surface area contributed by atoms with Crippen molar-refractivity contribution in [3.63, 3.8) is 0 Å². The summed E-state index contributed by atoms with van der Waals surface area (Å²) in [5.41, 5.74) is 0.916. The van der Waals surface area contributed by atoms with Crippen molar-refractivity contribution in [2.45, 2.75) is 57.6 Å². The molecule has 2 aliphatic heterocycles. The highest BCUT2D eigenvalue weighted by molar-refractivity contribution is 5.99. The van der Waals surface area contributed by atoms with Gasteiger partial charge >= 0.3 is 0 Å². The number of nitrogens with one attached hydrogen (secondary N) is 1. The average Bonchev–Trinajstić information content (AvgIpc) is 3.19. The predicted molar refractivity (Wildman–Crippen MR) is 94.5 cm³/mol. The second kappa shape index (κ2) is 8.43. The van der Waals surface area contributed by atoms with Crippen molar-refractivity contribution in [3.05, 3.63) is 29.6 Å². The van der Waals surface area contributed by atoms with E-state index < -0.39 is 0 Å². The minimum atomic E-state index is -0.205. The zero-order valence-corrected chi connectivity index (χ0v) is 14.9. The monoisotopic (exact) mass is 345 g/mol. The summed E-state index contributed by atoms with van der Waals surface area (Å²) in [7, 11) is 0. The zero-order chi connectivity index (χ0) is 17.6. The number of carbonyl (C=O) groups is 2. The molecule has 0 spiro atoms. The highest BCUT2D eigenvalue weighted by atomic mass is 16.5. The minimum Gasteiger partial charge on any atom is -0.376 e. The molecule has 2 fully saturated rings. The van der Waals surface area contributed by atoms with E-state index in [1.165, 1.54) is 12.6 Å². The summed E-state index contributed by atoms with van der Waals surface area (Å²) in [6.45, 7) is 4.16. The number of carbonyl (C=O) groups excluding carboxylic acids is 2. The molecular formula is C19H27N3O3. The third kappa shape index (κ3) is 4.37. The van der Waals surface area contributed by atoms with Crippen LogP contribution in [0.15, 0.2) is 18.5 Å². The highest BCUT2D eigenvalue weighted by Gasteiger charge is 2.27. The zero-order valence-electron chi connectivity index (χ0n) is 14.9. The normalized spacial score (nSPS) is 23.5. The summed E-state index contributed by atoms with van der Waals surface area (Å²) in [4.78, 5) is 31.2. The number of pyridine rings is 1. The molecule has 1 aromatic heterocycles. The molecule has 1 aromatic rings. The lowest BCUT2D eigenvalue weighted by Crippen LogP contribution is -2.43. The van der Waals surface area contributed by atoms with E-state index in [4.69, 9.17) is 4.74 Å². The lowest BCUT2D eigenvalue weighted by molar-refractivity contribution is 0.0607. The van der Waals surface area contributed by atoms with Crippen molar-refractivity contribution in [1.82, 2.24) is 15.2 Å². The van der Waals surface area contributed by atoms with E-state index in [1.54, 1.807) is 12.3 Å². The molecule has 0 aliphatic carbocycles. The molecule has 6 nitrogen and oxygen atoms in total. The SMILES string of the molecule is CCC1CCCCN1C(=O)c1cncc(C(=O)NCC2CCCO2)c1. The van der Waals surface area contributed by atoms with E-state index in [2.05, 4.69) is 17.2 Å². The van der Waals surface area contributed by atoms with Crippen LogP contribution in [-0.4, -0.2) is 53.5 Å². The van der Waals surface area contributed by atoms with Gasteiger partial charge in [0.15, 0.2) is 0 Å². The van der Waals surface area contributed by atoms with Crippen molar-refractivity contribution in [1.29, 1.82) is 0 Å². The molecule has 2 atom stereocenters. The maximum absolute atomic E-state index is 12.8. The smallest absolute Gasteiger partial charge is 0.255 e. The van der Waals surface area contributed by atoms with Gasteiger partial charge in [-0.3, -0.25) is 14.6 Å². The van der Waals surface area contributed by atoms with Crippen LogP contribution in [-0.2, 0) is 4.74 Å². The topological polar surface area (TPSA) is 71.5 Å². The summed E-state index contributed by atoms with van der Waals surface area (Å²) in [5, 5.41) is 2.88. The summed E-state index contributed by atoms with van der Waals surface area (Å²) < 4.78 is 5.51. The van der Waals surface area contributed by atoms with Crippen molar-refractivity contribution < 1.29 is 14.3 Å². The number of likely N-dealkylation sites (tertiary alicyclic amines) is 1. The number of aromatic nitrogens is 1. The number of piperidine rings is 1. The Morgan fingerprint density at radius 1 is 1.24 bits per heavy atom. The third-order valence-electron chi connectivity index (χ3n) is 5.12. The summed E-state index contributed by atoms with van der Waals surface area (Å²) in [6.07, 6.45) is 9.41. The molecule has 0 radical (unpaired) electrons. The second-order valence-corrected chi connectivity index (χ2v) is 6.86. The van der Waals surface area contributed by atoms with Gasteiger partial charge in [0, 0.05) is 38.1 Å². The van der Waals surface area contributed by atoms with Gasteiger partial charge in [0.05, 0.1) is 17.2 Å². The lowest BCUT2D eigenvalue weighted by atomic mass is 9.99. The number of hydrogen-bond acceptors (Lipinski definition) is 4. The van der Waals surface area contributed by atoms with Crippen LogP contribution in [0.3, 0.4) is 0 Å². The molecular weight excluding hydrogens is 318 g/mol. The van der Waals surface area contributed by atoms with Crippen molar-refractivity contribution in [3.8, 4) is 0 Å². The Kier molecular flexibility index (Phi) is 6.02. The lowest BCUT2D eigenvalue weighted by Gasteiger charge is -2.35. The molecule has 3 rings (SSSR count). The van der Waals surface area contributed by atoms with Crippen LogP contribution in [0.5, 0.6) is 0 Å². The molecule has 136 valence electrons. The quantitative estimate of drug-likeness (QED) is 0.889. The van der Waals surface area contributed by atoms with Gasteiger partial charge in [0.1, 0.15) is 0 Å². The fourth-order valence-electron chi connectivity index (χ4n) is 3.65. The Morgan fingerprint density at radius 2 is 2.08 bits per heavy atom. The van der Waals surface area contributed by atoms with Crippen LogP contribution in [0.2, 0.25) is 0 Å². The van der Waals surface area contributed by atoms with Crippen molar-refractivity contribution in [2.24, 2.45) is 0 Å². The van der Waals surface area contributed by atoms with Crippen LogP contribution in [0.25, 0.3) is 0 Å². The first-order chi connectivity index (χ1) is 12.2. The molecule has 0 saturated carbocycles. The third-order valence-corrected chi connectivity index (χ3v) is 5.12. The minimum absolute atomic E-state index is 0.0205. The molecule has 25 heavy (non-hydrogen) atoms. The molecule has 2 amide bonds. The van der Waals surface area contributed by atoms with Crippen LogP contribution < -0.4 is 5.32 Å². The second-order valence-electron chi connectivity index (χ2n) is 6.86. The van der Waals surface area contributed by atoms with Gasteiger partial charge in [-0.1, -0.05) is 6.92 Å². The van der Waals surface area contributed by atoms with E-state index in [-0.39, 0.29) is 17.9 Å². The van der Waals surface area contributed by atoms with Gasteiger partial charge in [-0.05, 0) is 44.6 Å². The molecule has 2 saturated heterocycles. The van der Waals surface area contributed by atoms with Crippen LogP contribution in [0, 0.1) is 0 Å². The van der Waals surface area contributed by atoms with E-state index in [9.17, 15) is 9.59 Å². The first kappa shape index (κ1) is 17.9. The van der Waals surface area contributed by atoms with Crippen molar-refractivity contribution in [2.75, 3.05) is 19.7 Å². The maximum Gasteiger partial charge on any atom is 0.255 e. The maximum atomic E-state index is 12.8. The number of amides is 2. The molecule has 1 N–H and O–H groups in total. The largest absolute Gasteiger partial charge is 0.376 e. The van der Waals surface area contributed by atoms with E-state index in [0.717, 1.165) is 45.3 Å². The molecule has 2 aliphatic rings. The molecule has 6 heteroatoms. The Labute approximate surface area is 148 Å². The fraction of sp³-hybridized carbons (Fsp3) is 0.632. The van der Waals surface area contributed by atoms with Gasteiger partial charge in [0.25, 0.3) is 11.8 Å². The van der Waals surface area contributed by atoms with Crippen molar-refractivity contribution >= 4 is 11.8 Å². The Morgan fingerprint density at radius 3 is 2.84 bits per heavy atom. The van der Waals surface area contributed by atoms with Gasteiger partial charge in [-0.15, -0.1) is 0 Å². The molecule has 0 bridgehead atoms. The standard InChI is InChI=1S/C19H27N3O3/c1-2-16-6-3-4-8-22(16)19(24)15-10-14(11-20-12-15)18(23)21-13-17-7-5-9-25-17/h10-12,16-17H,2-9,13H2,1H3,(H,21,23). The Balaban J connectivity index is 1.65. The fourth-order valence-corrected chi connectivity index (χ4v) is 3.65. The summed E-state index contributed by atoms with van der Waals surface area (Å²) >= 11 is 0. The van der Waals surface area contributed by atoms with E-state index >= 15 is 0 Å². The summed E-state index contributed by atoms with van der Waals surface area (Å²) in [5.74, 6) is -0.226. The molecule has 0 aromatic carbocycles. The number of rotatable bonds is 5. The number of ether oxygens (including phenoxy) is 1. The van der Waals surface area contributed by atoms with Gasteiger partial charge in [-0.25, -0.2) is 0 Å².